The number of aryl methyl sites for hydroxylation is 1. The molecule has 6 nitrogen and oxygen atoms in total. The predicted molar refractivity (Wildman–Crippen MR) is 137 cm³/mol. The number of benzene rings is 2. The summed E-state index contributed by atoms with van der Waals surface area (Å²) in [6.07, 6.45) is 4.33. The summed E-state index contributed by atoms with van der Waals surface area (Å²) >= 11 is 1.39. The average molecular weight is 472 g/mol. The molecule has 2 heterocycles. The quantitative estimate of drug-likeness (QED) is 0.339. The molecule has 0 bridgehead atoms. The molecular formula is C27H29N5OS. The van der Waals surface area contributed by atoms with Crippen LogP contribution in [0.25, 0.3) is 17.1 Å². The van der Waals surface area contributed by atoms with Gasteiger partial charge < -0.3 is 5.32 Å². The van der Waals surface area contributed by atoms with Crippen LogP contribution in [0.4, 0.5) is 0 Å². The lowest BCUT2D eigenvalue weighted by Crippen LogP contribution is -2.27. The van der Waals surface area contributed by atoms with E-state index >= 15 is 0 Å². The van der Waals surface area contributed by atoms with E-state index in [1.54, 1.807) is 12.4 Å². The molecule has 2 aromatic carbocycles. The molecule has 0 fully saturated rings. The third kappa shape index (κ3) is 5.54. The van der Waals surface area contributed by atoms with Crippen molar-refractivity contribution in [3.63, 3.8) is 0 Å². The van der Waals surface area contributed by atoms with Crippen molar-refractivity contribution in [2.75, 3.05) is 12.3 Å². The highest BCUT2D eigenvalue weighted by Gasteiger charge is 2.20. The number of amides is 1. The van der Waals surface area contributed by atoms with Crippen LogP contribution in [0.1, 0.15) is 36.5 Å². The van der Waals surface area contributed by atoms with Gasteiger partial charge in [-0.05, 0) is 54.2 Å². The fourth-order valence-electron chi connectivity index (χ4n) is 3.85. The number of para-hydroxylation sites is 1. The number of nitrogens with zero attached hydrogens (tertiary/aromatic N) is 4. The summed E-state index contributed by atoms with van der Waals surface area (Å²) in [6.45, 7) is 7.03. The SMILES string of the molecule is Cc1ccccc1CCNC(=O)CSc1nnc(-c2cccnc2)n1-c1ccccc1C(C)C. The van der Waals surface area contributed by atoms with Crippen LogP contribution in [0.3, 0.4) is 0 Å². The van der Waals surface area contributed by atoms with Gasteiger partial charge in [-0.15, -0.1) is 10.2 Å². The van der Waals surface area contributed by atoms with Gasteiger partial charge in [0.05, 0.1) is 11.4 Å². The first-order valence-electron chi connectivity index (χ1n) is 11.4. The highest BCUT2D eigenvalue weighted by molar-refractivity contribution is 7.99. The van der Waals surface area contributed by atoms with E-state index in [4.69, 9.17) is 0 Å². The van der Waals surface area contributed by atoms with E-state index in [0.29, 0.717) is 23.4 Å². The average Bonchev–Trinajstić information content (AvgIpc) is 3.28. The van der Waals surface area contributed by atoms with Crippen molar-refractivity contribution >= 4 is 17.7 Å². The van der Waals surface area contributed by atoms with E-state index in [1.165, 1.54) is 28.5 Å². The van der Waals surface area contributed by atoms with E-state index in [-0.39, 0.29) is 11.7 Å². The van der Waals surface area contributed by atoms with E-state index < -0.39 is 0 Å². The van der Waals surface area contributed by atoms with E-state index in [9.17, 15) is 4.79 Å². The number of rotatable bonds is 9. The number of carbonyl (C=O) groups excluding carboxylic acids is 1. The van der Waals surface area contributed by atoms with Crippen LogP contribution in [-0.2, 0) is 11.2 Å². The minimum atomic E-state index is -0.0202. The summed E-state index contributed by atoms with van der Waals surface area (Å²) in [5.41, 5.74) is 5.58. The van der Waals surface area contributed by atoms with Gasteiger partial charge in [0.2, 0.25) is 5.91 Å². The molecule has 174 valence electrons. The third-order valence-electron chi connectivity index (χ3n) is 5.66. The van der Waals surface area contributed by atoms with Crippen molar-refractivity contribution in [1.29, 1.82) is 0 Å². The molecule has 0 saturated heterocycles. The number of thioether (sulfide) groups is 1. The second kappa shape index (κ2) is 11.1. The summed E-state index contributed by atoms with van der Waals surface area (Å²) < 4.78 is 2.04. The van der Waals surface area contributed by atoms with Gasteiger partial charge >= 0.3 is 0 Å². The smallest absolute Gasteiger partial charge is 0.230 e. The van der Waals surface area contributed by atoms with E-state index in [2.05, 4.69) is 65.5 Å². The molecule has 0 saturated carbocycles. The van der Waals surface area contributed by atoms with Gasteiger partial charge in [0.1, 0.15) is 0 Å². The summed E-state index contributed by atoms with van der Waals surface area (Å²) in [6, 6.07) is 20.4. The third-order valence-corrected chi connectivity index (χ3v) is 6.59. The minimum Gasteiger partial charge on any atom is -0.355 e. The molecule has 0 unspecified atom stereocenters. The van der Waals surface area contributed by atoms with Crippen LogP contribution in [0.15, 0.2) is 78.2 Å². The molecule has 0 atom stereocenters. The van der Waals surface area contributed by atoms with Gasteiger partial charge in [0.15, 0.2) is 11.0 Å². The lowest BCUT2D eigenvalue weighted by atomic mass is 10.0. The van der Waals surface area contributed by atoms with Gasteiger partial charge in [-0.3, -0.25) is 14.3 Å². The van der Waals surface area contributed by atoms with Gasteiger partial charge in [-0.25, -0.2) is 0 Å². The second-order valence-corrected chi connectivity index (χ2v) is 9.35. The summed E-state index contributed by atoms with van der Waals surface area (Å²) in [4.78, 5) is 16.8. The molecule has 4 aromatic rings. The molecule has 7 heteroatoms. The lowest BCUT2D eigenvalue weighted by Gasteiger charge is -2.16. The molecular weight excluding hydrogens is 442 g/mol. The highest BCUT2D eigenvalue weighted by Crippen LogP contribution is 2.31. The Morgan fingerprint density at radius 2 is 1.82 bits per heavy atom. The van der Waals surface area contributed by atoms with Crippen molar-refractivity contribution in [2.45, 2.75) is 38.3 Å². The highest BCUT2D eigenvalue weighted by atomic mass is 32.2. The van der Waals surface area contributed by atoms with Crippen molar-refractivity contribution in [3.05, 3.63) is 89.7 Å². The number of carbonyl (C=O) groups is 1. The van der Waals surface area contributed by atoms with Gasteiger partial charge in [0, 0.05) is 24.5 Å². The number of nitrogens with one attached hydrogen (secondary N) is 1. The van der Waals surface area contributed by atoms with Crippen LogP contribution < -0.4 is 5.32 Å². The van der Waals surface area contributed by atoms with Gasteiger partial charge in [-0.2, -0.15) is 0 Å². The fourth-order valence-corrected chi connectivity index (χ4v) is 4.63. The Labute approximate surface area is 204 Å². The molecule has 0 radical (unpaired) electrons. The predicted octanol–water partition coefficient (Wildman–Crippen LogP) is 5.21. The Balaban J connectivity index is 1.53. The Bertz CT molecular complexity index is 1250. The van der Waals surface area contributed by atoms with Gasteiger partial charge in [-0.1, -0.05) is 68.1 Å². The van der Waals surface area contributed by atoms with Gasteiger partial charge in [0.25, 0.3) is 0 Å². The Kier molecular flexibility index (Phi) is 7.75. The monoisotopic (exact) mass is 471 g/mol. The van der Waals surface area contributed by atoms with E-state index in [0.717, 1.165) is 17.7 Å². The first-order chi connectivity index (χ1) is 16.5. The summed E-state index contributed by atoms with van der Waals surface area (Å²) in [7, 11) is 0. The number of aromatic nitrogens is 4. The summed E-state index contributed by atoms with van der Waals surface area (Å²) in [5.74, 6) is 1.28. The molecule has 1 amide bonds. The maximum atomic E-state index is 12.6. The molecule has 4 rings (SSSR count). The lowest BCUT2D eigenvalue weighted by molar-refractivity contribution is -0.118. The molecule has 34 heavy (non-hydrogen) atoms. The first-order valence-corrected chi connectivity index (χ1v) is 12.4. The topological polar surface area (TPSA) is 72.7 Å². The Morgan fingerprint density at radius 3 is 2.59 bits per heavy atom. The Hall–Kier alpha value is -3.45. The van der Waals surface area contributed by atoms with Crippen molar-refractivity contribution in [1.82, 2.24) is 25.1 Å². The maximum absolute atomic E-state index is 12.6. The number of pyridine rings is 1. The van der Waals surface area contributed by atoms with Crippen LogP contribution in [-0.4, -0.2) is 38.0 Å². The van der Waals surface area contributed by atoms with Crippen LogP contribution in [0, 0.1) is 6.92 Å². The van der Waals surface area contributed by atoms with Crippen molar-refractivity contribution < 1.29 is 4.79 Å². The number of hydrogen-bond acceptors (Lipinski definition) is 5. The van der Waals surface area contributed by atoms with Crippen LogP contribution in [0.2, 0.25) is 0 Å². The van der Waals surface area contributed by atoms with Crippen molar-refractivity contribution in [3.8, 4) is 17.1 Å². The Morgan fingerprint density at radius 1 is 1.03 bits per heavy atom. The fraction of sp³-hybridized carbons (Fsp3) is 0.259. The molecule has 2 aromatic heterocycles. The maximum Gasteiger partial charge on any atom is 0.230 e. The van der Waals surface area contributed by atoms with E-state index in [1.807, 2.05) is 41.0 Å². The zero-order valence-electron chi connectivity index (χ0n) is 19.7. The molecule has 0 aliphatic rings. The first kappa shape index (κ1) is 23.7. The molecule has 1 N–H and O–H groups in total. The van der Waals surface area contributed by atoms with Crippen molar-refractivity contribution in [2.24, 2.45) is 0 Å². The van der Waals surface area contributed by atoms with Crippen LogP contribution >= 0.6 is 11.8 Å². The molecule has 0 spiro atoms. The largest absolute Gasteiger partial charge is 0.355 e. The minimum absolute atomic E-state index is 0.0202. The zero-order valence-corrected chi connectivity index (χ0v) is 20.5. The standard InChI is InChI=1S/C27H29N5OS/c1-19(2)23-12-6-7-13-24(23)32-26(22-11-8-15-28-17-22)30-31-27(32)34-18-25(33)29-16-14-21-10-5-4-9-20(21)3/h4-13,15,17,19H,14,16,18H2,1-3H3,(H,29,33). The number of hydrogen-bond donors (Lipinski definition) is 1. The second-order valence-electron chi connectivity index (χ2n) is 8.41. The summed E-state index contributed by atoms with van der Waals surface area (Å²) in [5, 5.41) is 12.6. The molecule has 0 aliphatic heterocycles. The zero-order chi connectivity index (χ0) is 23.9. The molecule has 0 aliphatic carbocycles. The normalized spacial score (nSPS) is 11.1. The van der Waals surface area contributed by atoms with Crippen LogP contribution in [0.5, 0.6) is 0 Å².